The molecular formula is C3H8NO2. The van der Waals surface area contributed by atoms with Gasteiger partial charge in [0.1, 0.15) is 0 Å². The van der Waals surface area contributed by atoms with Crippen LogP contribution in [0.1, 0.15) is 6.42 Å². The molecule has 0 atom stereocenters. The quantitative estimate of drug-likeness (QED) is 0.378. The van der Waals surface area contributed by atoms with Gasteiger partial charge in [-0.3, -0.25) is 4.84 Å². The molecule has 0 aromatic carbocycles. The Morgan fingerprint density at radius 2 is 2.33 bits per heavy atom. The summed E-state index contributed by atoms with van der Waals surface area (Å²) in [5, 5.41) is 8.03. The maximum atomic E-state index is 8.03. The van der Waals surface area contributed by atoms with E-state index in [-0.39, 0.29) is 6.61 Å². The zero-order valence-corrected chi connectivity index (χ0v) is 3.48. The molecule has 0 amide bonds. The molecule has 37 valence electrons. The maximum Gasteiger partial charge on any atom is 0.0721 e. The molecule has 0 aliphatic carbocycles. The van der Waals surface area contributed by atoms with Crippen molar-refractivity contribution in [3.05, 3.63) is 0 Å². The van der Waals surface area contributed by atoms with Gasteiger partial charge < -0.3 is 5.11 Å². The number of rotatable bonds is 3. The first-order chi connectivity index (χ1) is 2.91. The highest BCUT2D eigenvalue weighted by atomic mass is 16.6. The molecule has 6 heavy (non-hydrogen) atoms. The molecule has 0 saturated heterocycles. The molecule has 0 aliphatic rings. The Kier molecular flexibility index (Phi) is 4.78. The van der Waals surface area contributed by atoms with Crippen molar-refractivity contribution in [1.29, 1.82) is 0 Å². The zero-order valence-electron chi connectivity index (χ0n) is 3.48. The van der Waals surface area contributed by atoms with E-state index in [0.29, 0.717) is 13.0 Å². The van der Waals surface area contributed by atoms with Gasteiger partial charge in [0.2, 0.25) is 0 Å². The fraction of sp³-hybridized carbons (Fsp3) is 1.00. The van der Waals surface area contributed by atoms with E-state index in [0.717, 1.165) is 0 Å². The van der Waals surface area contributed by atoms with Gasteiger partial charge in [0, 0.05) is 6.61 Å². The predicted octanol–water partition coefficient (Wildman–Crippen LogP) is -0.417. The van der Waals surface area contributed by atoms with Crippen LogP contribution < -0.4 is 5.90 Å². The van der Waals surface area contributed by atoms with Crippen LogP contribution in [0.2, 0.25) is 0 Å². The molecule has 1 radical (unpaired) electrons. The highest BCUT2D eigenvalue weighted by Crippen LogP contribution is 1.71. The van der Waals surface area contributed by atoms with Crippen LogP contribution in [0.15, 0.2) is 0 Å². The van der Waals surface area contributed by atoms with Crippen LogP contribution in [-0.4, -0.2) is 18.3 Å². The van der Waals surface area contributed by atoms with Gasteiger partial charge in [-0.25, -0.2) is 0 Å². The maximum absolute atomic E-state index is 8.03. The monoisotopic (exact) mass is 90.1 g/mol. The van der Waals surface area contributed by atoms with Gasteiger partial charge in [0.15, 0.2) is 0 Å². The summed E-state index contributed by atoms with van der Waals surface area (Å²) >= 11 is 0. The van der Waals surface area contributed by atoms with E-state index in [1.807, 2.05) is 0 Å². The Morgan fingerprint density at radius 3 is 2.50 bits per heavy atom. The lowest BCUT2D eigenvalue weighted by Crippen LogP contribution is -1.92. The SMILES string of the molecule is [NH]OCCCO. The largest absolute Gasteiger partial charge is 0.396 e. The second-order valence-electron chi connectivity index (χ2n) is 0.926. The molecule has 0 aliphatic heterocycles. The van der Waals surface area contributed by atoms with Gasteiger partial charge in [-0.15, -0.1) is 5.90 Å². The topological polar surface area (TPSA) is 53.3 Å². The Labute approximate surface area is 36.7 Å². The summed E-state index contributed by atoms with van der Waals surface area (Å²) in [4.78, 5) is 3.87. The number of hydrogen-bond acceptors (Lipinski definition) is 2. The summed E-state index contributed by atoms with van der Waals surface area (Å²) in [6.07, 6.45) is 0.559. The Morgan fingerprint density at radius 1 is 1.67 bits per heavy atom. The van der Waals surface area contributed by atoms with Crippen LogP contribution in [0.4, 0.5) is 0 Å². The molecule has 0 aromatic heterocycles. The molecule has 3 nitrogen and oxygen atoms in total. The molecule has 0 heterocycles. The van der Waals surface area contributed by atoms with Gasteiger partial charge in [-0.1, -0.05) is 0 Å². The lowest BCUT2D eigenvalue weighted by molar-refractivity contribution is 0.102. The smallest absolute Gasteiger partial charge is 0.0721 e. The van der Waals surface area contributed by atoms with E-state index in [1.54, 1.807) is 0 Å². The average Bonchev–Trinajstić information content (AvgIpc) is 1.61. The van der Waals surface area contributed by atoms with Crippen LogP contribution in [0.5, 0.6) is 0 Å². The van der Waals surface area contributed by atoms with Gasteiger partial charge in [-0.05, 0) is 6.42 Å². The highest BCUT2D eigenvalue weighted by molar-refractivity contribution is 4.24. The molecule has 0 bridgehead atoms. The standard InChI is InChI=1S/C3H8NO2/c4-6-3-1-2-5/h4-5H,1-3H2. The van der Waals surface area contributed by atoms with Crippen molar-refractivity contribution in [3.8, 4) is 0 Å². The van der Waals surface area contributed by atoms with Crippen LogP contribution in [-0.2, 0) is 4.84 Å². The third-order valence-electron chi connectivity index (χ3n) is 0.405. The lowest BCUT2D eigenvalue weighted by Gasteiger charge is -1.87. The van der Waals surface area contributed by atoms with E-state index in [4.69, 9.17) is 11.0 Å². The molecule has 0 saturated carbocycles. The second-order valence-corrected chi connectivity index (χ2v) is 0.926. The Bertz CT molecular complexity index is 20.8. The normalized spacial score (nSPS) is 9.00. The molecule has 0 unspecified atom stereocenters. The number of aliphatic hydroxyl groups is 1. The number of hydrogen-bond donors (Lipinski definition) is 1. The fourth-order valence-electron chi connectivity index (χ4n) is 0.137. The van der Waals surface area contributed by atoms with E-state index >= 15 is 0 Å². The molecule has 0 rings (SSSR count). The summed E-state index contributed by atoms with van der Waals surface area (Å²) in [6.45, 7) is 0.440. The molecule has 2 N–H and O–H groups in total. The molecule has 0 fully saturated rings. The fourth-order valence-corrected chi connectivity index (χ4v) is 0.137. The van der Waals surface area contributed by atoms with Crippen molar-refractivity contribution in [3.63, 3.8) is 0 Å². The minimum absolute atomic E-state index is 0.110. The first-order valence-electron chi connectivity index (χ1n) is 1.81. The Hall–Kier alpha value is -0.120. The highest BCUT2D eigenvalue weighted by Gasteiger charge is 1.77. The second kappa shape index (κ2) is 4.88. The van der Waals surface area contributed by atoms with Crippen LogP contribution in [0.25, 0.3) is 0 Å². The molecule has 0 aromatic rings. The minimum Gasteiger partial charge on any atom is -0.396 e. The van der Waals surface area contributed by atoms with Crippen molar-refractivity contribution in [2.24, 2.45) is 0 Å². The summed E-state index contributed by atoms with van der Waals surface area (Å²) in [5.74, 6) is 6.09. The van der Waals surface area contributed by atoms with Crippen LogP contribution in [0.3, 0.4) is 0 Å². The summed E-state index contributed by atoms with van der Waals surface area (Å²) in [5.41, 5.74) is 0. The lowest BCUT2D eigenvalue weighted by atomic mass is 10.5. The van der Waals surface area contributed by atoms with E-state index in [9.17, 15) is 0 Å². The van der Waals surface area contributed by atoms with Crippen molar-refractivity contribution in [2.45, 2.75) is 6.42 Å². The Balaban J connectivity index is 2.34. The summed E-state index contributed by atoms with van der Waals surface area (Å²) in [6, 6.07) is 0. The average molecular weight is 90.1 g/mol. The van der Waals surface area contributed by atoms with E-state index < -0.39 is 0 Å². The summed E-state index contributed by atoms with van der Waals surface area (Å²) < 4.78 is 0. The van der Waals surface area contributed by atoms with Gasteiger partial charge in [0.25, 0.3) is 0 Å². The first-order valence-corrected chi connectivity index (χ1v) is 1.81. The van der Waals surface area contributed by atoms with Gasteiger partial charge >= 0.3 is 0 Å². The van der Waals surface area contributed by atoms with Gasteiger partial charge in [-0.2, -0.15) is 0 Å². The van der Waals surface area contributed by atoms with Gasteiger partial charge in [0.05, 0.1) is 6.61 Å². The zero-order chi connectivity index (χ0) is 4.83. The molecular weight excluding hydrogens is 82.0 g/mol. The minimum atomic E-state index is 0.110. The van der Waals surface area contributed by atoms with Crippen molar-refractivity contribution >= 4 is 0 Å². The number of aliphatic hydroxyl groups excluding tert-OH is 1. The van der Waals surface area contributed by atoms with E-state index in [2.05, 4.69) is 4.84 Å². The van der Waals surface area contributed by atoms with E-state index in [1.165, 1.54) is 0 Å². The van der Waals surface area contributed by atoms with Crippen LogP contribution >= 0.6 is 0 Å². The van der Waals surface area contributed by atoms with Crippen molar-refractivity contribution in [2.75, 3.05) is 13.2 Å². The first kappa shape index (κ1) is 5.88. The summed E-state index contributed by atoms with van der Waals surface area (Å²) in [7, 11) is 0. The third kappa shape index (κ3) is 3.88. The van der Waals surface area contributed by atoms with Crippen molar-refractivity contribution in [1.82, 2.24) is 5.90 Å². The predicted molar refractivity (Wildman–Crippen MR) is 20.8 cm³/mol. The third-order valence-corrected chi connectivity index (χ3v) is 0.405. The molecule has 3 heteroatoms. The van der Waals surface area contributed by atoms with Crippen LogP contribution in [0, 0.1) is 0 Å². The number of nitrogens with one attached hydrogen (secondary N) is 1. The molecule has 0 spiro atoms. The van der Waals surface area contributed by atoms with Crippen molar-refractivity contribution < 1.29 is 9.94 Å².